The van der Waals surface area contributed by atoms with Crippen molar-refractivity contribution in [3.8, 4) is 5.75 Å². The lowest BCUT2D eigenvalue weighted by Gasteiger charge is -2.38. The van der Waals surface area contributed by atoms with Crippen molar-refractivity contribution in [2.24, 2.45) is 11.8 Å². The highest BCUT2D eigenvalue weighted by Crippen LogP contribution is 2.33. The van der Waals surface area contributed by atoms with E-state index in [-0.39, 0.29) is 42.8 Å². The van der Waals surface area contributed by atoms with Crippen LogP contribution in [0.4, 0.5) is 16.2 Å². The minimum Gasteiger partial charge on any atom is -0.487 e. The van der Waals surface area contributed by atoms with Gasteiger partial charge in [0, 0.05) is 36.8 Å². The predicted octanol–water partition coefficient (Wildman–Crippen LogP) is 3.42. The SMILES string of the molecule is C[C@@H]1CN([C@H](C)CO)C(=O)c2cc(NC(=O)C3CC3)ccc2O[C@H]1CN(C)C(=O)Nc1ccccc1. The molecule has 9 heteroatoms. The number of ether oxygens (including phenoxy) is 1. The number of carbonyl (C=O) groups excluding carboxylic acids is 3. The Morgan fingerprint density at radius 1 is 1.14 bits per heavy atom. The van der Waals surface area contributed by atoms with E-state index in [2.05, 4.69) is 10.6 Å². The van der Waals surface area contributed by atoms with E-state index in [0.29, 0.717) is 29.2 Å². The van der Waals surface area contributed by atoms with Crippen LogP contribution < -0.4 is 15.4 Å². The highest BCUT2D eigenvalue weighted by molar-refractivity contribution is 6.00. The quantitative estimate of drug-likeness (QED) is 0.546. The fourth-order valence-corrected chi connectivity index (χ4v) is 4.20. The first-order valence-corrected chi connectivity index (χ1v) is 12.4. The molecule has 1 saturated carbocycles. The van der Waals surface area contributed by atoms with E-state index >= 15 is 0 Å². The minimum absolute atomic E-state index is 0.0349. The fraction of sp³-hybridized carbons (Fsp3) is 0.444. The van der Waals surface area contributed by atoms with Crippen LogP contribution >= 0.6 is 0 Å². The number of nitrogens with zero attached hydrogens (tertiary/aromatic N) is 2. The first kappa shape index (κ1) is 25.5. The average molecular weight is 495 g/mol. The van der Waals surface area contributed by atoms with Gasteiger partial charge in [-0.1, -0.05) is 25.1 Å². The number of rotatable bonds is 7. The number of carbonyl (C=O) groups is 3. The van der Waals surface area contributed by atoms with E-state index in [4.69, 9.17) is 4.74 Å². The van der Waals surface area contributed by atoms with Crippen LogP contribution in [0.3, 0.4) is 0 Å². The van der Waals surface area contributed by atoms with Gasteiger partial charge in [0.1, 0.15) is 11.9 Å². The number of nitrogens with one attached hydrogen (secondary N) is 2. The zero-order chi connectivity index (χ0) is 25.8. The Labute approximate surface area is 211 Å². The third-order valence-corrected chi connectivity index (χ3v) is 6.71. The lowest BCUT2D eigenvalue weighted by atomic mass is 9.99. The summed E-state index contributed by atoms with van der Waals surface area (Å²) in [7, 11) is 1.70. The number of para-hydroxylation sites is 1. The summed E-state index contributed by atoms with van der Waals surface area (Å²) in [5, 5.41) is 15.6. The molecule has 192 valence electrons. The number of likely N-dealkylation sites (N-methyl/N-ethyl adjacent to an activating group) is 1. The van der Waals surface area contributed by atoms with Crippen molar-refractivity contribution < 1.29 is 24.2 Å². The Balaban J connectivity index is 1.57. The van der Waals surface area contributed by atoms with Gasteiger partial charge in [0.15, 0.2) is 0 Å². The maximum atomic E-state index is 13.5. The second-order valence-corrected chi connectivity index (χ2v) is 9.77. The van der Waals surface area contributed by atoms with E-state index in [1.54, 1.807) is 42.0 Å². The van der Waals surface area contributed by atoms with Crippen molar-refractivity contribution in [2.45, 2.75) is 38.8 Å². The smallest absolute Gasteiger partial charge is 0.321 e. The Kier molecular flexibility index (Phi) is 7.79. The van der Waals surface area contributed by atoms with Gasteiger partial charge in [-0.25, -0.2) is 4.79 Å². The van der Waals surface area contributed by atoms with Crippen LogP contribution in [0.1, 0.15) is 37.0 Å². The molecule has 36 heavy (non-hydrogen) atoms. The van der Waals surface area contributed by atoms with E-state index in [1.165, 1.54) is 0 Å². The summed E-state index contributed by atoms with van der Waals surface area (Å²) in [4.78, 5) is 41.8. The molecular formula is C27H34N4O5. The van der Waals surface area contributed by atoms with Crippen LogP contribution in [0, 0.1) is 11.8 Å². The number of hydrogen-bond acceptors (Lipinski definition) is 5. The largest absolute Gasteiger partial charge is 0.487 e. The molecule has 1 aliphatic heterocycles. The number of aliphatic hydroxyl groups excluding tert-OH is 1. The molecule has 0 bridgehead atoms. The second kappa shape index (κ2) is 11.0. The maximum Gasteiger partial charge on any atom is 0.321 e. The molecule has 2 aliphatic rings. The molecule has 9 nitrogen and oxygen atoms in total. The van der Waals surface area contributed by atoms with Crippen LogP contribution in [0.25, 0.3) is 0 Å². The monoisotopic (exact) mass is 494 g/mol. The van der Waals surface area contributed by atoms with E-state index in [1.807, 2.05) is 37.3 Å². The zero-order valence-corrected chi connectivity index (χ0v) is 20.9. The first-order chi connectivity index (χ1) is 17.3. The van der Waals surface area contributed by atoms with E-state index in [0.717, 1.165) is 12.8 Å². The Morgan fingerprint density at radius 3 is 2.53 bits per heavy atom. The molecular weight excluding hydrogens is 460 g/mol. The van der Waals surface area contributed by atoms with Crippen molar-refractivity contribution in [3.05, 3.63) is 54.1 Å². The van der Waals surface area contributed by atoms with Crippen molar-refractivity contribution >= 4 is 29.2 Å². The average Bonchev–Trinajstić information content (AvgIpc) is 3.72. The van der Waals surface area contributed by atoms with Gasteiger partial charge < -0.3 is 30.3 Å². The van der Waals surface area contributed by atoms with Crippen LogP contribution in [0.5, 0.6) is 5.75 Å². The van der Waals surface area contributed by atoms with E-state index in [9.17, 15) is 19.5 Å². The summed E-state index contributed by atoms with van der Waals surface area (Å²) in [5.74, 6) is -0.0280. The zero-order valence-electron chi connectivity index (χ0n) is 20.9. The number of fused-ring (bicyclic) bond motifs is 1. The summed E-state index contributed by atoms with van der Waals surface area (Å²) in [6.07, 6.45) is 1.35. The molecule has 1 heterocycles. The molecule has 4 amide bonds. The molecule has 0 radical (unpaired) electrons. The van der Waals surface area contributed by atoms with Gasteiger partial charge in [0.05, 0.1) is 24.8 Å². The Bertz CT molecular complexity index is 1100. The lowest BCUT2D eigenvalue weighted by molar-refractivity contribution is -0.117. The number of hydrogen-bond donors (Lipinski definition) is 3. The number of benzene rings is 2. The molecule has 0 spiro atoms. The summed E-state index contributed by atoms with van der Waals surface area (Å²) in [5.41, 5.74) is 1.54. The second-order valence-electron chi connectivity index (χ2n) is 9.77. The molecule has 0 aromatic heterocycles. The van der Waals surface area contributed by atoms with Crippen molar-refractivity contribution in [1.82, 2.24) is 9.80 Å². The molecule has 0 unspecified atom stereocenters. The lowest BCUT2D eigenvalue weighted by Crippen LogP contribution is -2.50. The van der Waals surface area contributed by atoms with Crippen LogP contribution in [-0.4, -0.2) is 71.6 Å². The van der Waals surface area contributed by atoms with Crippen LogP contribution in [0.15, 0.2) is 48.5 Å². The third-order valence-electron chi connectivity index (χ3n) is 6.71. The molecule has 3 atom stereocenters. The van der Waals surface area contributed by atoms with Crippen molar-refractivity contribution in [1.29, 1.82) is 0 Å². The van der Waals surface area contributed by atoms with Gasteiger partial charge in [0.2, 0.25) is 5.91 Å². The summed E-state index contributed by atoms with van der Waals surface area (Å²) < 4.78 is 6.33. The van der Waals surface area contributed by atoms with Gasteiger partial charge in [-0.05, 0) is 50.1 Å². The topological polar surface area (TPSA) is 111 Å². The molecule has 0 saturated heterocycles. The Morgan fingerprint density at radius 2 is 1.86 bits per heavy atom. The van der Waals surface area contributed by atoms with Crippen molar-refractivity contribution in [2.75, 3.05) is 37.4 Å². The van der Waals surface area contributed by atoms with Crippen LogP contribution in [-0.2, 0) is 4.79 Å². The molecule has 1 aliphatic carbocycles. The predicted molar refractivity (Wildman–Crippen MR) is 137 cm³/mol. The van der Waals surface area contributed by atoms with Gasteiger partial charge in [-0.15, -0.1) is 0 Å². The van der Waals surface area contributed by atoms with Crippen molar-refractivity contribution in [3.63, 3.8) is 0 Å². The first-order valence-electron chi connectivity index (χ1n) is 12.4. The van der Waals surface area contributed by atoms with Crippen LogP contribution in [0.2, 0.25) is 0 Å². The summed E-state index contributed by atoms with van der Waals surface area (Å²) in [6, 6.07) is 13.6. The molecule has 4 rings (SSSR count). The summed E-state index contributed by atoms with van der Waals surface area (Å²) >= 11 is 0. The highest BCUT2D eigenvalue weighted by atomic mass is 16.5. The number of anilines is 2. The highest BCUT2D eigenvalue weighted by Gasteiger charge is 2.35. The van der Waals surface area contributed by atoms with Gasteiger partial charge in [0.25, 0.3) is 5.91 Å². The minimum atomic E-state index is -0.413. The normalized spacial score (nSPS) is 20.3. The number of aliphatic hydroxyl groups is 1. The Hall–Kier alpha value is -3.59. The number of urea groups is 1. The fourth-order valence-electron chi connectivity index (χ4n) is 4.20. The molecule has 2 aromatic carbocycles. The third kappa shape index (κ3) is 5.96. The standard InChI is InChI=1S/C27H34N4O5/c1-17-14-31(18(2)16-32)26(34)22-13-21(28-25(33)19-9-10-19)11-12-23(22)36-24(17)15-30(3)27(35)29-20-7-5-4-6-8-20/h4-8,11-13,17-19,24,32H,9-10,14-16H2,1-3H3,(H,28,33)(H,29,35)/t17-,18-,24+/m1/s1. The molecule has 2 aromatic rings. The summed E-state index contributed by atoms with van der Waals surface area (Å²) in [6.45, 7) is 4.20. The van der Waals surface area contributed by atoms with Gasteiger partial charge in [-0.2, -0.15) is 0 Å². The van der Waals surface area contributed by atoms with E-state index < -0.39 is 12.1 Å². The van der Waals surface area contributed by atoms with Gasteiger partial charge in [-0.3, -0.25) is 9.59 Å². The molecule has 3 N–H and O–H groups in total. The molecule has 1 fully saturated rings. The van der Waals surface area contributed by atoms with Gasteiger partial charge >= 0.3 is 6.03 Å². The number of amides is 4. The maximum absolute atomic E-state index is 13.5.